The Balaban J connectivity index is 2.19. The number of nitro benzene ring substituents is 1. The number of benzene rings is 1. The molecule has 1 aromatic carbocycles. The second kappa shape index (κ2) is 5.59. The van der Waals surface area contributed by atoms with E-state index in [2.05, 4.69) is 10.6 Å². The zero-order valence-corrected chi connectivity index (χ0v) is 12.3. The van der Waals surface area contributed by atoms with Crippen LogP contribution in [0, 0.1) is 10.1 Å². The summed E-state index contributed by atoms with van der Waals surface area (Å²) >= 11 is 0. The number of nitrogens with zero attached hydrogens (tertiary/aromatic N) is 1. The highest BCUT2D eigenvalue weighted by molar-refractivity contribution is 5.70. The van der Waals surface area contributed by atoms with E-state index in [-0.39, 0.29) is 11.7 Å². The molecule has 21 heavy (non-hydrogen) atoms. The van der Waals surface area contributed by atoms with Gasteiger partial charge in [-0.2, -0.15) is 0 Å². The first-order chi connectivity index (χ1) is 9.76. The number of carbonyl (C=O) groups is 1. The van der Waals surface area contributed by atoms with Crippen LogP contribution in [0.4, 0.5) is 16.2 Å². The maximum absolute atomic E-state index is 11.9. The molecule has 0 unspecified atom stereocenters. The zero-order chi connectivity index (χ0) is 15.6. The van der Waals surface area contributed by atoms with Gasteiger partial charge in [-0.1, -0.05) is 0 Å². The van der Waals surface area contributed by atoms with Crippen molar-refractivity contribution in [2.45, 2.75) is 38.8 Å². The molecule has 1 heterocycles. The normalized spacial score (nSPS) is 17.4. The number of ether oxygens (including phenoxy) is 1. The molecular formula is C14H19N3O4. The molecule has 0 aromatic heterocycles. The van der Waals surface area contributed by atoms with Gasteiger partial charge in [-0.3, -0.25) is 10.1 Å². The van der Waals surface area contributed by atoms with Gasteiger partial charge in [0.05, 0.1) is 11.0 Å². The van der Waals surface area contributed by atoms with Crippen molar-refractivity contribution < 1.29 is 14.5 Å². The summed E-state index contributed by atoms with van der Waals surface area (Å²) in [5.41, 5.74) is 0.936. The first-order valence-corrected chi connectivity index (χ1v) is 6.78. The summed E-state index contributed by atoms with van der Waals surface area (Å²) in [6, 6.07) is 4.30. The van der Waals surface area contributed by atoms with Crippen LogP contribution in [0.5, 0.6) is 0 Å². The SMILES string of the molecule is CC(C)(C)OC(=O)N[C@H]1CCNc2ccc([N+](=O)[O-])cc21. The first-order valence-electron chi connectivity index (χ1n) is 6.78. The molecule has 1 aliphatic rings. The minimum atomic E-state index is -0.581. The number of nitrogens with one attached hydrogen (secondary N) is 2. The lowest BCUT2D eigenvalue weighted by atomic mass is 9.97. The zero-order valence-electron chi connectivity index (χ0n) is 12.3. The van der Waals surface area contributed by atoms with Gasteiger partial charge in [0.15, 0.2) is 0 Å². The lowest BCUT2D eigenvalue weighted by molar-refractivity contribution is -0.384. The number of carbonyl (C=O) groups excluding carboxylic acids is 1. The van der Waals surface area contributed by atoms with E-state index in [0.717, 1.165) is 5.69 Å². The fourth-order valence-electron chi connectivity index (χ4n) is 2.22. The van der Waals surface area contributed by atoms with Crippen LogP contribution in [0.1, 0.15) is 38.8 Å². The molecule has 0 saturated heterocycles. The van der Waals surface area contributed by atoms with Gasteiger partial charge in [0.25, 0.3) is 5.69 Å². The van der Waals surface area contributed by atoms with Crippen molar-refractivity contribution in [2.75, 3.05) is 11.9 Å². The van der Waals surface area contributed by atoms with E-state index < -0.39 is 16.6 Å². The van der Waals surface area contributed by atoms with Crippen LogP contribution in [-0.4, -0.2) is 23.2 Å². The van der Waals surface area contributed by atoms with E-state index in [1.165, 1.54) is 12.1 Å². The molecule has 114 valence electrons. The van der Waals surface area contributed by atoms with Gasteiger partial charge in [0.2, 0.25) is 0 Å². The number of rotatable bonds is 2. The minimum absolute atomic E-state index is 0.00781. The van der Waals surface area contributed by atoms with Crippen LogP contribution in [0.2, 0.25) is 0 Å². The number of amides is 1. The summed E-state index contributed by atoms with van der Waals surface area (Å²) in [6.45, 7) is 6.04. The third-order valence-corrected chi connectivity index (χ3v) is 3.06. The van der Waals surface area contributed by atoms with Gasteiger partial charge in [-0.25, -0.2) is 4.79 Å². The van der Waals surface area contributed by atoms with Crippen molar-refractivity contribution in [2.24, 2.45) is 0 Å². The second-order valence-corrected chi connectivity index (χ2v) is 5.94. The molecule has 0 radical (unpaired) electrons. The Labute approximate surface area is 122 Å². The molecule has 1 atom stereocenters. The second-order valence-electron chi connectivity index (χ2n) is 5.94. The molecule has 1 amide bonds. The Kier molecular flexibility index (Phi) is 4.02. The molecule has 2 rings (SSSR count). The van der Waals surface area contributed by atoms with Gasteiger partial charge in [0, 0.05) is 29.9 Å². The monoisotopic (exact) mass is 293 g/mol. The molecular weight excluding hydrogens is 274 g/mol. The molecule has 0 spiro atoms. The summed E-state index contributed by atoms with van der Waals surface area (Å²) in [5.74, 6) is 0. The van der Waals surface area contributed by atoms with Crippen LogP contribution < -0.4 is 10.6 Å². The molecule has 2 N–H and O–H groups in total. The number of fused-ring (bicyclic) bond motifs is 1. The van der Waals surface area contributed by atoms with Crippen molar-refractivity contribution in [3.05, 3.63) is 33.9 Å². The highest BCUT2D eigenvalue weighted by Gasteiger charge is 2.26. The number of non-ortho nitro benzene ring substituents is 1. The highest BCUT2D eigenvalue weighted by atomic mass is 16.6. The summed E-state index contributed by atoms with van der Waals surface area (Å²) in [6.07, 6.45) is 0.125. The van der Waals surface area contributed by atoms with Crippen molar-refractivity contribution in [3.63, 3.8) is 0 Å². The quantitative estimate of drug-likeness (QED) is 0.646. The van der Waals surface area contributed by atoms with E-state index in [1.54, 1.807) is 26.8 Å². The fourth-order valence-corrected chi connectivity index (χ4v) is 2.22. The first kappa shape index (κ1) is 15.1. The smallest absolute Gasteiger partial charge is 0.408 e. The lowest BCUT2D eigenvalue weighted by Crippen LogP contribution is -2.37. The van der Waals surface area contributed by atoms with Crippen LogP contribution in [0.3, 0.4) is 0 Å². The van der Waals surface area contributed by atoms with E-state index in [4.69, 9.17) is 4.74 Å². The van der Waals surface area contributed by atoms with Crippen molar-refractivity contribution in [1.29, 1.82) is 0 Å². The maximum Gasteiger partial charge on any atom is 0.408 e. The van der Waals surface area contributed by atoms with E-state index >= 15 is 0 Å². The summed E-state index contributed by atoms with van der Waals surface area (Å²) < 4.78 is 5.23. The molecule has 0 fully saturated rings. The summed E-state index contributed by atoms with van der Waals surface area (Å²) in [5, 5.41) is 16.8. The highest BCUT2D eigenvalue weighted by Crippen LogP contribution is 2.32. The van der Waals surface area contributed by atoms with Crippen LogP contribution >= 0.6 is 0 Å². The lowest BCUT2D eigenvalue weighted by Gasteiger charge is -2.28. The average molecular weight is 293 g/mol. The predicted molar refractivity (Wildman–Crippen MR) is 78.3 cm³/mol. The number of alkyl carbamates (subject to hydrolysis) is 1. The number of hydrogen-bond acceptors (Lipinski definition) is 5. The Bertz CT molecular complexity index is 566. The molecule has 0 saturated carbocycles. The third-order valence-electron chi connectivity index (χ3n) is 3.06. The summed E-state index contributed by atoms with van der Waals surface area (Å²) in [4.78, 5) is 22.3. The standard InChI is InChI=1S/C14H19N3O4/c1-14(2,3)21-13(18)16-12-6-7-15-11-5-4-9(17(19)20)8-10(11)12/h4-5,8,12,15H,6-7H2,1-3H3,(H,16,18)/t12-/m0/s1. The van der Waals surface area contributed by atoms with Gasteiger partial charge in [0.1, 0.15) is 5.60 Å². The molecule has 7 heteroatoms. The third kappa shape index (κ3) is 3.84. The Morgan fingerprint density at radius 3 is 2.81 bits per heavy atom. The number of nitro groups is 1. The maximum atomic E-state index is 11.9. The average Bonchev–Trinajstić information content (AvgIpc) is 2.36. The van der Waals surface area contributed by atoms with Crippen molar-refractivity contribution in [1.82, 2.24) is 5.32 Å². The fraction of sp³-hybridized carbons (Fsp3) is 0.500. The van der Waals surface area contributed by atoms with Gasteiger partial charge in [-0.05, 0) is 33.3 Å². The Morgan fingerprint density at radius 1 is 1.48 bits per heavy atom. The largest absolute Gasteiger partial charge is 0.444 e. The molecule has 1 aromatic rings. The molecule has 0 aliphatic carbocycles. The van der Waals surface area contributed by atoms with Crippen molar-refractivity contribution >= 4 is 17.5 Å². The van der Waals surface area contributed by atoms with E-state index in [9.17, 15) is 14.9 Å². The van der Waals surface area contributed by atoms with E-state index in [1.807, 2.05) is 0 Å². The van der Waals surface area contributed by atoms with E-state index in [0.29, 0.717) is 18.5 Å². The minimum Gasteiger partial charge on any atom is -0.444 e. The van der Waals surface area contributed by atoms with Crippen LogP contribution in [0.15, 0.2) is 18.2 Å². The Morgan fingerprint density at radius 2 is 2.19 bits per heavy atom. The molecule has 1 aliphatic heterocycles. The van der Waals surface area contributed by atoms with Crippen LogP contribution in [0.25, 0.3) is 0 Å². The van der Waals surface area contributed by atoms with Gasteiger partial charge in [-0.15, -0.1) is 0 Å². The molecule has 0 bridgehead atoms. The molecule has 7 nitrogen and oxygen atoms in total. The number of hydrogen-bond donors (Lipinski definition) is 2. The van der Waals surface area contributed by atoms with Gasteiger partial charge >= 0.3 is 6.09 Å². The topological polar surface area (TPSA) is 93.5 Å². The predicted octanol–water partition coefficient (Wildman–Crippen LogP) is 2.98. The van der Waals surface area contributed by atoms with Gasteiger partial charge < -0.3 is 15.4 Å². The van der Waals surface area contributed by atoms with Crippen molar-refractivity contribution in [3.8, 4) is 0 Å². The summed E-state index contributed by atoms with van der Waals surface area (Å²) in [7, 11) is 0. The number of anilines is 1. The van der Waals surface area contributed by atoms with Crippen LogP contribution in [-0.2, 0) is 4.74 Å². The Hall–Kier alpha value is -2.31.